The second kappa shape index (κ2) is 3.37. The van der Waals surface area contributed by atoms with E-state index in [2.05, 4.69) is 24.9 Å². The first kappa shape index (κ1) is 8.96. The Hall–Kier alpha value is -2.30. The molecule has 0 saturated carbocycles. The van der Waals surface area contributed by atoms with Crippen LogP contribution in [-0.2, 0) is 0 Å². The number of aryl methyl sites for hydroxylation is 1. The van der Waals surface area contributed by atoms with E-state index < -0.39 is 0 Å². The van der Waals surface area contributed by atoms with Gasteiger partial charge in [0.15, 0.2) is 11.5 Å². The van der Waals surface area contributed by atoms with Crippen LogP contribution in [0.3, 0.4) is 0 Å². The Morgan fingerprint density at radius 2 is 2.12 bits per heavy atom. The lowest BCUT2D eigenvalue weighted by Gasteiger charge is -1.96. The summed E-state index contributed by atoms with van der Waals surface area (Å²) in [6, 6.07) is 5.82. The maximum atomic E-state index is 4.40. The van der Waals surface area contributed by atoms with Gasteiger partial charge in [0, 0.05) is 5.69 Å². The third-order valence-corrected chi connectivity index (χ3v) is 2.29. The molecule has 1 N–H and O–H groups in total. The Morgan fingerprint density at radius 1 is 1.19 bits per heavy atom. The van der Waals surface area contributed by atoms with Crippen LogP contribution in [0.1, 0.15) is 5.69 Å². The van der Waals surface area contributed by atoms with Crippen molar-refractivity contribution in [3.05, 3.63) is 36.4 Å². The molecule has 78 valence electrons. The van der Waals surface area contributed by atoms with Crippen LogP contribution in [0, 0.1) is 6.92 Å². The topological polar surface area (TPSA) is 67.3 Å². The summed E-state index contributed by atoms with van der Waals surface area (Å²) in [6.45, 7) is 1.95. The molecule has 3 aromatic rings. The predicted octanol–water partition coefficient (Wildman–Crippen LogP) is 1.72. The first-order valence-corrected chi connectivity index (χ1v) is 4.93. The second-order valence-electron chi connectivity index (χ2n) is 3.51. The highest BCUT2D eigenvalue weighted by atomic mass is 15.0. The number of hydrogen-bond donors (Lipinski definition) is 1. The summed E-state index contributed by atoms with van der Waals surface area (Å²) in [4.78, 5) is 19.9. The normalized spacial score (nSPS) is 10.8. The number of imidazole rings is 1. The molecular weight excluding hydrogens is 202 g/mol. The zero-order chi connectivity index (χ0) is 11.0. The lowest BCUT2D eigenvalue weighted by atomic mass is 10.3. The Labute approximate surface area is 91.6 Å². The van der Waals surface area contributed by atoms with Gasteiger partial charge in [0.1, 0.15) is 17.5 Å². The number of nitrogens with one attached hydrogen (secondary N) is 1. The molecule has 3 heterocycles. The van der Waals surface area contributed by atoms with Crippen molar-refractivity contribution in [2.75, 3.05) is 0 Å². The van der Waals surface area contributed by atoms with E-state index in [0.717, 1.165) is 22.7 Å². The number of H-pyrrole nitrogens is 1. The molecule has 0 radical (unpaired) electrons. The molecule has 0 amide bonds. The molecule has 16 heavy (non-hydrogen) atoms. The van der Waals surface area contributed by atoms with Gasteiger partial charge in [-0.25, -0.2) is 19.9 Å². The summed E-state index contributed by atoms with van der Waals surface area (Å²) >= 11 is 0. The molecule has 0 aliphatic carbocycles. The number of pyridine rings is 1. The molecule has 5 heteroatoms. The zero-order valence-electron chi connectivity index (χ0n) is 8.68. The molecule has 3 rings (SSSR count). The summed E-state index contributed by atoms with van der Waals surface area (Å²) < 4.78 is 0. The van der Waals surface area contributed by atoms with Crippen molar-refractivity contribution in [2.24, 2.45) is 0 Å². The molecule has 3 aromatic heterocycles. The predicted molar refractivity (Wildman–Crippen MR) is 59.7 cm³/mol. The average molecular weight is 211 g/mol. The van der Waals surface area contributed by atoms with Crippen molar-refractivity contribution < 1.29 is 0 Å². The van der Waals surface area contributed by atoms with Gasteiger partial charge in [-0.15, -0.1) is 0 Å². The van der Waals surface area contributed by atoms with Crippen molar-refractivity contribution >= 4 is 11.2 Å². The molecule has 0 spiro atoms. The Balaban J connectivity index is 2.19. The minimum atomic E-state index is 0.660. The van der Waals surface area contributed by atoms with Crippen LogP contribution in [0.4, 0.5) is 0 Å². The quantitative estimate of drug-likeness (QED) is 0.665. The summed E-state index contributed by atoms with van der Waals surface area (Å²) in [5, 5.41) is 0. The summed E-state index contributed by atoms with van der Waals surface area (Å²) in [5.74, 6) is 0.721. The monoisotopic (exact) mass is 211 g/mol. The van der Waals surface area contributed by atoms with Crippen molar-refractivity contribution in [3.63, 3.8) is 0 Å². The van der Waals surface area contributed by atoms with Gasteiger partial charge in [0.2, 0.25) is 0 Å². The Kier molecular flexibility index (Phi) is 1.89. The molecule has 0 fully saturated rings. The van der Waals surface area contributed by atoms with E-state index in [1.807, 2.05) is 25.1 Å². The van der Waals surface area contributed by atoms with Crippen LogP contribution in [0.25, 0.3) is 22.7 Å². The van der Waals surface area contributed by atoms with Gasteiger partial charge in [0.05, 0.1) is 6.20 Å². The third-order valence-electron chi connectivity index (χ3n) is 2.29. The Bertz CT molecular complexity index is 610. The highest BCUT2D eigenvalue weighted by Crippen LogP contribution is 2.16. The highest BCUT2D eigenvalue weighted by molar-refractivity contribution is 5.73. The van der Waals surface area contributed by atoms with Gasteiger partial charge in [-0.1, -0.05) is 6.07 Å². The molecule has 0 aliphatic rings. The average Bonchev–Trinajstić information content (AvgIpc) is 2.72. The van der Waals surface area contributed by atoms with Crippen molar-refractivity contribution in [1.82, 2.24) is 24.9 Å². The number of aromatic nitrogens is 5. The molecule has 0 aliphatic heterocycles. The lowest BCUT2D eigenvalue weighted by Crippen LogP contribution is -1.87. The molecule has 5 nitrogen and oxygen atoms in total. The van der Waals surface area contributed by atoms with Gasteiger partial charge in [-0.3, -0.25) is 0 Å². The molecular formula is C11H9N5. The lowest BCUT2D eigenvalue weighted by molar-refractivity contribution is 1.16. The van der Waals surface area contributed by atoms with E-state index in [1.165, 1.54) is 6.33 Å². The fraction of sp³-hybridized carbons (Fsp3) is 0.0909. The van der Waals surface area contributed by atoms with E-state index >= 15 is 0 Å². The van der Waals surface area contributed by atoms with E-state index in [0.29, 0.717) is 5.65 Å². The highest BCUT2D eigenvalue weighted by Gasteiger charge is 2.06. The van der Waals surface area contributed by atoms with E-state index in [9.17, 15) is 0 Å². The molecule has 0 bridgehead atoms. The number of nitrogens with zero attached hydrogens (tertiary/aromatic N) is 4. The maximum absolute atomic E-state index is 4.40. The summed E-state index contributed by atoms with van der Waals surface area (Å²) in [7, 11) is 0. The van der Waals surface area contributed by atoms with Crippen LogP contribution >= 0.6 is 0 Å². The minimum absolute atomic E-state index is 0.660. The standard InChI is InChI=1S/C11H9N5/c1-7-3-2-4-8(14-7)11-15-9-5-12-6-13-10(9)16-11/h2-6H,1H3,(H,12,13,15,16). The van der Waals surface area contributed by atoms with Gasteiger partial charge >= 0.3 is 0 Å². The van der Waals surface area contributed by atoms with Gasteiger partial charge in [-0.05, 0) is 19.1 Å². The van der Waals surface area contributed by atoms with Crippen molar-refractivity contribution in [2.45, 2.75) is 6.92 Å². The summed E-state index contributed by atoms with van der Waals surface area (Å²) in [5.41, 5.74) is 3.26. The maximum Gasteiger partial charge on any atom is 0.181 e. The molecule has 0 unspecified atom stereocenters. The number of fused-ring (bicyclic) bond motifs is 1. The second-order valence-corrected chi connectivity index (χ2v) is 3.51. The Morgan fingerprint density at radius 3 is 2.94 bits per heavy atom. The number of hydrogen-bond acceptors (Lipinski definition) is 4. The SMILES string of the molecule is Cc1cccc(-c2nc3ncncc3[nH]2)n1. The largest absolute Gasteiger partial charge is 0.334 e. The van der Waals surface area contributed by atoms with Gasteiger partial charge in [-0.2, -0.15) is 0 Å². The number of aromatic amines is 1. The fourth-order valence-corrected chi connectivity index (χ4v) is 1.56. The molecule has 0 saturated heterocycles. The van der Waals surface area contributed by atoms with Crippen LogP contribution < -0.4 is 0 Å². The summed E-state index contributed by atoms with van der Waals surface area (Å²) in [6.07, 6.45) is 3.19. The third kappa shape index (κ3) is 1.42. The first-order chi connectivity index (χ1) is 7.83. The van der Waals surface area contributed by atoms with Crippen molar-refractivity contribution in [3.8, 4) is 11.5 Å². The molecule has 0 aromatic carbocycles. The smallest absolute Gasteiger partial charge is 0.181 e. The van der Waals surface area contributed by atoms with Gasteiger partial charge in [0.25, 0.3) is 0 Å². The van der Waals surface area contributed by atoms with E-state index in [-0.39, 0.29) is 0 Å². The zero-order valence-corrected chi connectivity index (χ0v) is 8.68. The molecule has 0 atom stereocenters. The number of rotatable bonds is 1. The van der Waals surface area contributed by atoms with Crippen LogP contribution in [0.5, 0.6) is 0 Å². The van der Waals surface area contributed by atoms with E-state index in [4.69, 9.17) is 0 Å². The van der Waals surface area contributed by atoms with Gasteiger partial charge < -0.3 is 4.98 Å². The van der Waals surface area contributed by atoms with E-state index in [1.54, 1.807) is 6.20 Å². The van der Waals surface area contributed by atoms with Crippen LogP contribution in [0.2, 0.25) is 0 Å². The minimum Gasteiger partial charge on any atom is -0.334 e. The van der Waals surface area contributed by atoms with Crippen LogP contribution in [0.15, 0.2) is 30.7 Å². The fourth-order valence-electron chi connectivity index (χ4n) is 1.56. The van der Waals surface area contributed by atoms with Crippen LogP contribution in [-0.4, -0.2) is 24.9 Å². The van der Waals surface area contributed by atoms with Crippen molar-refractivity contribution in [1.29, 1.82) is 0 Å². The first-order valence-electron chi connectivity index (χ1n) is 4.93.